The summed E-state index contributed by atoms with van der Waals surface area (Å²) < 4.78 is 120. The van der Waals surface area contributed by atoms with Crippen molar-refractivity contribution in [2.45, 2.75) is 204 Å². The highest BCUT2D eigenvalue weighted by Crippen LogP contribution is 2.28. The highest BCUT2D eigenvalue weighted by atomic mass is 28.3. The van der Waals surface area contributed by atoms with E-state index < -0.39 is 55.6 Å². The highest BCUT2D eigenvalue weighted by molar-refractivity contribution is 6.77. The number of phenols is 2. The minimum Gasteiger partial charge on any atom is -0.508 e. The lowest BCUT2D eigenvalue weighted by atomic mass is 10.2. The zero-order valence-electron chi connectivity index (χ0n) is 66.8. The number of aryl methyl sites for hydroxylation is 4. The van der Waals surface area contributed by atoms with Crippen LogP contribution in [0.1, 0.15) is 64.6 Å². The third-order valence-corrected chi connectivity index (χ3v) is 23.5. The van der Waals surface area contributed by atoms with Crippen molar-refractivity contribution < 1.29 is 75.1 Å². The summed E-state index contributed by atoms with van der Waals surface area (Å²) in [4.78, 5) is 17.6. The van der Waals surface area contributed by atoms with Crippen LogP contribution in [0.2, 0.25) is 103 Å². The van der Waals surface area contributed by atoms with Crippen molar-refractivity contribution >= 4 is 32.3 Å². The Labute approximate surface area is 657 Å². The van der Waals surface area contributed by atoms with Crippen molar-refractivity contribution in [1.82, 2.24) is 38.2 Å². The third kappa shape index (κ3) is 35.5. The molecule has 10 rings (SSSR count). The van der Waals surface area contributed by atoms with E-state index in [1.165, 1.54) is 48.5 Å². The summed E-state index contributed by atoms with van der Waals surface area (Å²) in [5.74, 6) is 3.40. The number of phenolic OH excluding ortho intramolecular Hbond substituents is 2. The summed E-state index contributed by atoms with van der Waals surface area (Å²) in [6.07, 6.45) is 7.26. The minimum atomic E-state index is -1.13. The Morgan fingerprint density at radius 2 is 0.622 bits per heavy atom. The van der Waals surface area contributed by atoms with E-state index in [2.05, 4.69) is 98.5 Å². The average Bonchev–Trinajstić information content (AvgIpc) is 1.37. The summed E-state index contributed by atoms with van der Waals surface area (Å²) in [5.41, 5.74) is 5.24. The van der Waals surface area contributed by atoms with Crippen molar-refractivity contribution in [2.24, 2.45) is 0 Å². The van der Waals surface area contributed by atoms with Crippen molar-refractivity contribution in [2.75, 3.05) is 26.4 Å². The standard InChI is InChI=1S/2C24H31FN2O3Si.2C17H25FN2O3Si.CH4/c1-19-26-22(15-27(19)18-28-10-11-31(2,3)4)17-30-24-13-21(25)12-23(14-24)29-16-20-8-6-5-7-9-20;1-19-26-15-22(27(19)18-28-10-11-31(2,3)4)17-30-24-13-21(25)12-23(14-24)29-16-20-8-6-5-7-9-20;1-13-19-15(10-20(13)12-22-5-6-24(2,3)4)11-23-17-8-14(18)7-16(21)9-17;1-13-19-10-15(20(13)12-22-5-6-24(2,3)4)11-23-17-8-14(18)7-16(21)9-17;/h2*5-9,12-15H,10-11,16-18H2,1-4H3;2*7-10,21H,5-6,11-12H2,1-4H3;1H4. The van der Waals surface area contributed by atoms with E-state index in [1.807, 2.05) is 119 Å². The number of aromatic nitrogens is 8. The van der Waals surface area contributed by atoms with E-state index in [0.717, 1.165) is 120 Å². The summed E-state index contributed by atoms with van der Waals surface area (Å²) in [5, 5.41) is 18.8. The maximum Gasteiger partial charge on any atom is 0.132 e. The molecule has 6 aromatic carbocycles. The van der Waals surface area contributed by atoms with E-state index in [0.29, 0.717) is 63.1 Å². The van der Waals surface area contributed by atoms with Crippen LogP contribution in [0.15, 0.2) is 158 Å². The second-order valence-corrected chi connectivity index (χ2v) is 54.1. The predicted molar refractivity (Wildman–Crippen MR) is 439 cm³/mol. The van der Waals surface area contributed by atoms with E-state index in [4.69, 9.17) is 47.4 Å². The first-order valence-corrected chi connectivity index (χ1v) is 51.7. The first-order valence-electron chi connectivity index (χ1n) is 36.9. The fourth-order valence-corrected chi connectivity index (χ4v) is 13.1. The molecule has 4 aromatic heterocycles. The van der Waals surface area contributed by atoms with Gasteiger partial charge in [-0.3, -0.25) is 0 Å². The molecule has 2 N–H and O–H groups in total. The number of benzene rings is 6. The van der Waals surface area contributed by atoms with Gasteiger partial charge in [0.1, 0.15) is 159 Å². The van der Waals surface area contributed by atoms with Crippen LogP contribution in [0.5, 0.6) is 46.0 Å². The van der Waals surface area contributed by atoms with Gasteiger partial charge >= 0.3 is 0 Å². The Kier molecular flexibility index (Phi) is 36.3. The lowest BCUT2D eigenvalue weighted by molar-refractivity contribution is 0.0814. The van der Waals surface area contributed by atoms with E-state index >= 15 is 0 Å². The molecule has 0 aliphatic carbocycles. The molecule has 0 saturated heterocycles. The maximum atomic E-state index is 14.1. The normalized spacial score (nSPS) is 11.5. The van der Waals surface area contributed by atoms with Gasteiger partial charge in [0.2, 0.25) is 0 Å². The smallest absolute Gasteiger partial charge is 0.132 e. The Hall–Kier alpha value is -9.01. The minimum absolute atomic E-state index is 0. The number of halogens is 4. The summed E-state index contributed by atoms with van der Waals surface area (Å²) in [6.45, 7) is 42.0. The molecular formula is C83H116F4N8O12Si4. The largest absolute Gasteiger partial charge is 0.508 e. The Morgan fingerprint density at radius 1 is 0.342 bits per heavy atom. The van der Waals surface area contributed by atoms with Crippen LogP contribution in [-0.2, 0) is 85.5 Å². The van der Waals surface area contributed by atoms with Gasteiger partial charge in [-0.1, -0.05) is 147 Å². The van der Waals surface area contributed by atoms with E-state index in [-0.39, 0.29) is 56.9 Å². The van der Waals surface area contributed by atoms with Crippen LogP contribution in [0.25, 0.3) is 0 Å². The van der Waals surface area contributed by atoms with Gasteiger partial charge in [-0.15, -0.1) is 0 Å². The summed E-state index contributed by atoms with van der Waals surface area (Å²) >= 11 is 0. The molecule has 4 heterocycles. The Bertz CT molecular complexity index is 4370. The molecule has 0 fully saturated rings. The molecule has 0 aliphatic rings. The Morgan fingerprint density at radius 3 is 0.928 bits per heavy atom. The quantitative estimate of drug-likeness (QED) is 0.0210. The van der Waals surface area contributed by atoms with Crippen molar-refractivity contribution in [3.05, 3.63) is 239 Å². The lowest BCUT2D eigenvalue weighted by Gasteiger charge is -2.17. The molecular weight excluding hydrogens is 1490 g/mol. The van der Waals surface area contributed by atoms with Crippen LogP contribution in [-0.4, -0.2) is 107 Å². The molecule has 20 nitrogen and oxygen atoms in total. The molecule has 0 radical (unpaired) electrons. The zero-order valence-corrected chi connectivity index (χ0v) is 70.8. The summed E-state index contributed by atoms with van der Waals surface area (Å²) in [7, 11) is -4.42. The SMILES string of the molecule is C.Cc1nc(COc2cc(F)cc(OCc3ccccc3)c2)cn1COCC[Si](C)(C)C.Cc1nc(COc2cc(O)cc(F)c2)cn1COCC[Si](C)(C)C.Cc1ncc(COc2cc(F)cc(OCc3ccccc3)c2)n1COCC[Si](C)(C)C.Cc1ncc(COc2cc(O)cc(F)c2)n1COCC[Si](C)(C)C. The lowest BCUT2D eigenvalue weighted by Crippen LogP contribution is -2.22. The fraction of sp³-hybridized carbons (Fsp3) is 0.422. The van der Waals surface area contributed by atoms with E-state index in [1.54, 1.807) is 24.5 Å². The van der Waals surface area contributed by atoms with Gasteiger partial charge in [0.25, 0.3) is 0 Å². The number of aromatic hydroxyl groups is 2. The van der Waals surface area contributed by atoms with Gasteiger partial charge in [0, 0.05) is 144 Å². The van der Waals surface area contributed by atoms with Crippen LogP contribution in [0.4, 0.5) is 17.6 Å². The van der Waals surface area contributed by atoms with Gasteiger partial charge in [0.05, 0.1) is 35.2 Å². The number of hydrogen-bond donors (Lipinski definition) is 2. The number of rotatable bonds is 38. The molecule has 28 heteroatoms. The topological polar surface area (TPSA) is 204 Å². The Balaban J connectivity index is 0.000000232. The van der Waals surface area contributed by atoms with Crippen LogP contribution >= 0.6 is 0 Å². The van der Waals surface area contributed by atoms with Gasteiger partial charge in [-0.25, -0.2) is 37.5 Å². The van der Waals surface area contributed by atoms with Crippen LogP contribution < -0.4 is 28.4 Å². The number of imidazole rings is 4. The van der Waals surface area contributed by atoms with Crippen molar-refractivity contribution in [3.63, 3.8) is 0 Å². The second-order valence-electron chi connectivity index (χ2n) is 31.6. The first-order chi connectivity index (χ1) is 52.0. The second kappa shape index (κ2) is 44.3. The number of nitrogens with zero attached hydrogens (tertiary/aromatic N) is 8. The number of ether oxygens (including phenoxy) is 10. The molecule has 0 aliphatic heterocycles. The van der Waals surface area contributed by atoms with Gasteiger partial charge < -0.3 is 75.9 Å². The first kappa shape index (κ1) is 90.9. The zero-order chi connectivity index (χ0) is 80.0. The monoisotopic (exact) mass is 1600 g/mol. The molecule has 0 spiro atoms. The molecule has 0 bridgehead atoms. The molecule has 0 saturated carbocycles. The van der Waals surface area contributed by atoms with Gasteiger partial charge in [0.15, 0.2) is 0 Å². The van der Waals surface area contributed by atoms with Crippen molar-refractivity contribution in [1.29, 1.82) is 0 Å². The predicted octanol–water partition coefficient (Wildman–Crippen LogP) is 20.1. The maximum absolute atomic E-state index is 14.1. The van der Waals surface area contributed by atoms with E-state index in [9.17, 15) is 27.8 Å². The molecule has 0 atom stereocenters. The number of hydrogen-bond acceptors (Lipinski definition) is 16. The third-order valence-electron chi connectivity index (χ3n) is 16.7. The van der Waals surface area contributed by atoms with Crippen LogP contribution in [0.3, 0.4) is 0 Å². The van der Waals surface area contributed by atoms with Crippen molar-refractivity contribution in [3.8, 4) is 46.0 Å². The molecule has 10 aromatic rings. The molecule has 0 amide bonds. The van der Waals surface area contributed by atoms with Crippen LogP contribution in [0, 0.1) is 51.0 Å². The molecule has 604 valence electrons. The van der Waals surface area contributed by atoms with Gasteiger partial charge in [-0.2, -0.15) is 0 Å². The summed E-state index contributed by atoms with van der Waals surface area (Å²) in [6, 6.07) is 40.1. The molecule has 111 heavy (non-hydrogen) atoms. The highest BCUT2D eigenvalue weighted by Gasteiger charge is 2.19. The van der Waals surface area contributed by atoms with Gasteiger partial charge in [-0.05, 0) is 63.0 Å². The average molecular weight is 1610 g/mol. The molecule has 0 unspecified atom stereocenters. The fourth-order valence-electron chi connectivity index (χ4n) is 10.1.